The van der Waals surface area contributed by atoms with Crippen LogP contribution in [0.4, 0.5) is 0 Å². The summed E-state index contributed by atoms with van der Waals surface area (Å²) in [5.74, 6) is 3.16. The fraction of sp³-hybridized carbons (Fsp3) is 0.739. The molecule has 0 N–H and O–H groups in total. The summed E-state index contributed by atoms with van der Waals surface area (Å²) in [4.78, 5) is 0. The highest BCUT2D eigenvalue weighted by Gasteiger charge is 2.07. The van der Waals surface area contributed by atoms with Crippen LogP contribution in [-0.2, 0) is 0 Å². The predicted octanol–water partition coefficient (Wildman–Crippen LogP) is 15.6. The first-order valence-electron chi connectivity index (χ1n) is 21.1. The predicted molar refractivity (Wildman–Crippen MR) is 213 cm³/mol. The second-order valence-electron chi connectivity index (χ2n) is 15.2. The van der Waals surface area contributed by atoms with Crippen molar-refractivity contribution in [2.75, 3.05) is 13.2 Å². The number of hydrogen-bond acceptors (Lipinski definition) is 2. The summed E-state index contributed by atoms with van der Waals surface area (Å²) in [5.41, 5.74) is 2.44. The molecule has 0 saturated heterocycles. The van der Waals surface area contributed by atoms with E-state index in [0.717, 1.165) is 24.7 Å². The van der Waals surface area contributed by atoms with Gasteiger partial charge in [0.25, 0.3) is 0 Å². The number of benzene rings is 2. The largest absolute Gasteiger partial charge is 0.493 e. The fourth-order valence-corrected chi connectivity index (χ4v) is 6.80. The van der Waals surface area contributed by atoms with Crippen molar-refractivity contribution < 1.29 is 9.47 Å². The lowest BCUT2D eigenvalue weighted by molar-refractivity contribution is 0.248. The van der Waals surface area contributed by atoms with Crippen LogP contribution in [0.15, 0.2) is 48.5 Å². The van der Waals surface area contributed by atoms with E-state index in [1.54, 1.807) is 0 Å². The third kappa shape index (κ3) is 22.6. The Labute approximate surface area is 299 Å². The molecule has 0 heterocycles. The molecule has 0 radical (unpaired) electrons. The number of ether oxygens (including phenoxy) is 2. The Hall–Kier alpha value is -1.96. The molecule has 0 aliphatic heterocycles. The quantitative estimate of drug-likeness (QED) is 0.0708. The molecule has 0 aromatic heterocycles. The first-order valence-corrected chi connectivity index (χ1v) is 21.1. The Morgan fingerprint density at radius 3 is 0.875 bits per heavy atom. The van der Waals surface area contributed by atoms with Gasteiger partial charge in [0.2, 0.25) is 0 Å². The first-order chi connectivity index (χ1) is 23.6. The van der Waals surface area contributed by atoms with Gasteiger partial charge in [-0.1, -0.05) is 206 Å². The first kappa shape index (κ1) is 42.2. The lowest BCUT2D eigenvalue weighted by Crippen LogP contribution is -2.08. The molecule has 0 bridgehead atoms. The Balaban J connectivity index is 1.48. The second-order valence-corrected chi connectivity index (χ2v) is 15.2. The molecule has 2 aromatic carbocycles. The minimum Gasteiger partial charge on any atom is -0.493 e. The lowest BCUT2D eigenvalue weighted by Gasteiger charge is -2.14. The van der Waals surface area contributed by atoms with Crippen molar-refractivity contribution in [3.63, 3.8) is 0 Å². The van der Waals surface area contributed by atoms with E-state index >= 15 is 0 Å². The SMILES string of the molecule is CCCCCCCCCCCCCCC(C)COc1ccc(-c2ccc(OCC(C)CCCCCCCCCCCCCC)cc2)cc1. The lowest BCUT2D eigenvalue weighted by atomic mass is 10.0. The van der Waals surface area contributed by atoms with Gasteiger partial charge in [-0.3, -0.25) is 0 Å². The van der Waals surface area contributed by atoms with Gasteiger partial charge in [-0.25, -0.2) is 0 Å². The monoisotopic (exact) mass is 663 g/mol. The Bertz CT molecular complexity index is 870. The average Bonchev–Trinajstić information content (AvgIpc) is 3.11. The van der Waals surface area contributed by atoms with E-state index in [1.807, 2.05) is 0 Å². The van der Waals surface area contributed by atoms with Gasteiger partial charge in [0.05, 0.1) is 13.2 Å². The van der Waals surface area contributed by atoms with Gasteiger partial charge in [0.15, 0.2) is 0 Å². The van der Waals surface area contributed by atoms with Gasteiger partial charge in [-0.15, -0.1) is 0 Å². The van der Waals surface area contributed by atoms with Crippen molar-refractivity contribution in [3.05, 3.63) is 48.5 Å². The van der Waals surface area contributed by atoms with Crippen LogP contribution in [0.25, 0.3) is 11.1 Å². The van der Waals surface area contributed by atoms with Crippen LogP contribution in [0.3, 0.4) is 0 Å². The molecule has 2 nitrogen and oxygen atoms in total. The molecule has 48 heavy (non-hydrogen) atoms. The maximum atomic E-state index is 6.14. The van der Waals surface area contributed by atoms with E-state index in [1.165, 1.54) is 178 Å². The molecule has 0 spiro atoms. The Morgan fingerprint density at radius 2 is 0.604 bits per heavy atom. The highest BCUT2D eigenvalue weighted by atomic mass is 16.5. The van der Waals surface area contributed by atoms with Crippen LogP contribution in [-0.4, -0.2) is 13.2 Å². The Morgan fingerprint density at radius 1 is 0.354 bits per heavy atom. The molecule has 2 heteroatoms. The summed E-state index contributed by atoms with van der Waals surface area (Å²) in [7, 11) is 0. The van der Waals surface area contributed by atoms with Gasteiger partial charge >= 0.3 is 0 Å². The molecule has 2 aromatic rings. The van der Waals surface area contributed by atoms with E-state index in [2.05, 4.69) is 76.2 Å². The normalized spacial score (nSPS) is 12.7. The summed E-state index contributed by atoms with van der Waals surface area (Å²) in [5, 5.41) is 0. The maximum Gasteiger partial charge on any atom is 0.119 e. The van der Waals surface area contributed by atoms with Gasteiger partial charge in [-0.05, 0) is 60.1 Å². The molecule has 0 aliphatic carbocycles. The maximum absolute atomic E-state index is 6.14. The van der Waals surface area contributed by atoms with Crippen molar-refractivity contribution in [2.24, 2.45) is 11.8 Å². The molecule has 0 amide bonds. The van der Waals surface area contributed by atoms with Gasteiger partial charge in [0, 0.05) is 0 Å². The van der Waals surface area contributed by atoms with Crippen LogP contribution in [0.1, 0.15) is 195 Å². The smallest absolute Gasteiger partial charge is 0.119 e. The van der Waals surface area contributed by atoms with Crippen molar-refractivity contribution in [3.8, 4) is 22.6 Å². The van der Waals surface area contributed by atoms with E-state index in [-0.39, 0.29) is 0 Å². The van der Waals surface area contributed by atoms with Gasteiger partial charge < -0.3 is 9.47 Å². The zero-order valence-electron chi connectivity index (χ0n) is 32.4. The summed E-state index contributed by atoms with van der Waals surface area (Å²) in [6.07, 6.45) is 36.4. The molecule has 0 saturated carbocycles. The number of rotatable bonds is 33. The molecule has 274 valence electrons. The van der Waals surface area contributed by atoms with Crippen molar-refractivity contribution in [1.82, 2.24) is 0 Å². The summed E-state index contributed by atoms with van der Waals surface area (Å²) < 4.78 is 12.3. The van der Waals surface area contributed by atoms with Crippen LogP contribution in [0, 0.1) is 11.8 Å². The molecular formula is C46H78O2. The second kappa shape index (κ2) is 29.9. The van der Waals surface area contributed by atoms with Gasteiger partial charge in [0.1, 0.15) is 11.5 Å². The minimum atomic E-state index is 0.604. The summed E-state index contributed by atoms with van der Waals surface area (Å²) in [6.45, 7) is 10.9. The van der Waals surface area contributed by atoms with Crippen molar-refractivity contribution >= 4 is 0 Å². The summed E-state index contributed by atoms with van der Waals surface area (Å²) in [6, 6.07) is 17.2. The van der Waals surface area contributed by atoms with E-state index in [9.17, 15) is 0 Å². The molecule has 2 rings (SSSR count). The molecular weight excluding hydrogens is 585 g/mol. The highest BCUT2D eigenvalue weighted by molar-refractivity contribution is 5.64. The van der Waals surface area contributed by atoms with Crippen molar-refractivity contribution in [1.29, 1.82) is 0 Å². The Kier molecular flexibility index (Phi) is 26.3. The van der Waals surface area contributed by atoms with Gasteiger partial charge in [-0.2, -0.15) is 0 Å². The third-order valence-electron chi connectivity index (χ3n) is 10.2. The molecule has 2 atom stereocenters. The minimum absolute atomic E-state index is 0.604. The van der Waals surface area contributed by atoms with Crippen LogP contribution in [0.5, 0.6) is 11.5 Å². The third-order valence-corrected chi connectivity index (χ3v) is 10.2. The standard InChI is InChI=1S/C46H78O2/c1-5-7-9-11-13-15-17-19-21-23-25-27-29-41(3)39-47-45-35-31-43(32-36-45)44-33-37-46(38-34-44)48-40-42(4)30-28-26-24-22-20-18-16-14-12-10-8-6-2/h31-38,41-42H,5-30,39-40H2,1-4H3. The number of hydrogen-bond donors (Lipinski definition) is 0. The van der Waals surface area contributed by atoms with Crippen LogP contribution >= 0.6 is 0 Å². The fourth-order valence-electron chi connectivity index (χ4n) is 6.80. The van der Waals surface area contributed by atoms with Crippen LogP contribution in [0.2, 0.25) is 0 Å². The zero-order chi connectivity index (χ0) is 34.3. The van der Waals surface area contributed by atoms with E-state index in [4.69, 9.17) is 9.47 Å². The topological polar surface area (TPSA) is 18.5 Å². The number of unbranched alkanes of at least 4 members (excludes halogenated alkanes) is 22. The van der Waals surface area contributed by atoms with Crippen LogP contribution < -0.4 is 9.47 Å². The van der Waals surface area contributed by atoms with Crippen molar-refractivity contribution in [2.45, 2.75) is 195 Å². The molecule has 0 fully saturated rings. The zero-order valence-corrected chi connectivity index (χ0v) is 32.4. The van der Waals surface area contributed by atoms with E-state index < -0.39 is 0 Å². The van der Waals surface area contributed by atoms with E-state index in [0.29, 0.717) is 11.8 Å². The average molecular weight is 663 g/mol. The molecule has 2 unspecified atom stereocenters. The summed E-state index contributed by atoms with van der Waals surface area (Å²) >= 11 is 0. The highest BCUT2D eigenvalue weighted by Crippen LogP contribution is 2.26. The molecule has 0 aliphatic rings.